The molecule has 0 atom stereocenters. The van der Waals surface area contributed by atoms with Crippen molar-refractivity contribution in [1.29, 1.82) is 0 Å². The molecule has 0 spiro atoms. The highest BCUT2D eigenvalue weighted by Gasteiger charge is 2.14. The van der Waals surface area contributed by atoms with Gasteiger partial charge in [-0.15, -0.1) is 0 Å². The van der Waals surface area contributed by atoms with Gasteiger partial charge in [0.2, 0.25) is 0 Å². The molecular formula is C24H31N3O2. The van der Waals surface area contributed by atoms with Crippen molar-refractivity contribution in [2.45, 2.75) is 33.6 Å². The first-order valence-corrected chi connectivity index (χ1v) is 10.3. The number of amides is 2. The average molecular weight is 394 g/mol. The third kappa shape index (κ3) is 6.79. The second-order valence-corrected chi connectivity index (χ2v) is 6.75. The molecule has 0 unspecified atom stereocenters. The van der Waals surface area contributed by atoms with Gasteiger partial charge in [-0.1, -0.05) is 43.7 Å². The van der Waals surface area contributed by atoms with Crippen molar-refractivity contribution < 1.29 is 9.59 Å². The zero-order chi connectivity index (χ0) is 21.1. The van der Waals surface area contributed by atoms with Gasteiger partial charge < -0.3 is 15.5 Å². The van der Waals surface area contributed by atoms with Crippen LogP contribution in [0.5, 0.6) is 0 Å². The predicted octanol–water partition coefficient (Wildman–Crippen LogP) is 4.22. The largest absolute Gasteiger partial charge is 0.372 e. The molecule has 0 aromatic heterocycles. The standard InChI is InChI=1S/C24H31N3O2/c1-4-7-16-25-24(29)22(26-23(28)20-13-9-8-10-14-20)18-19-12-11-15-21(17-19)27(5-2)6-3/h8-15,17-18H,4-7,16H2,1-3H3,(H,25,29)(H,26,28)/b22-18-. The number of hydrogen-bond acceptors (Lipinski definition) is 3. The molecule has 0 aliphatic carbocycles. The lowest BCUT2D eigenvalue weighted by atomic mass is 10.1. The quantitative estimate of drug-likeness (QED) is 0.469. The van der Waals surface area contributed by atoms with Crippen LogP contribution in [0, 0.1) is 0 Å². The Morgan fingerprint density at radius 1 is 0.966 bits per heavy atom. The van der Waals surface area contributed by atoms with Gasteiger partial charge >= 0.3 is 0 Å². The molecule has 0 aliphatic rings. The Kier molecular flexibility index (Phi) is 8.96. The molecule has 0 aliphatic heterocycles. The summed E-state index contributed by atoms with van der Waals surface area (Å²) in [4.78, 5) is 27.6. The first-order chi connectivity index (χ1) is 14.1. The summed E-state index contributed by atoms with van der Waals surface area (Å²) >= 11 is 0. The molecule has 154 valence electrons. The minimum absolute atomic E-state index is 0.242. The number of rotatable bonds is 10. The highest BCUT2D eigenvalue weighted by atomic mass is 16.2. The van der Waals surface area contributed by atoms with Crippen LogP contribution in [0.3, 0.4) is 0 Å². The van der Waals surface area contributed by atoms with Crippen molar-refractivity contribution in [1.82, 2.24) is 10.6 Å². The molecular weight excluding hydrogens is 362 g/mol. The average Bonchev–Trinajstić information content (AvgIpc) is 2.75. The van der Waals surface area contributed by atoms with Crippen LogP contribution in [-0.2, 0) is 4.79 Å². The van der Waals surface area contributed by atoms with E-state index in [9.17, 15) is 9.59 Å². The summed E-state index contributed by atoms with van der Waals surface area (Å²) < 4.78 is 0. The van der Waals surface area contributed by atoms with Gasteiger partial charge in [0.15, 0.2) is 0 Å². The molecule has 2 amide bonds. The Morgan fingerprint density at radius 3 is 2.34 bits per heavy atom. The number of unbranched alkanes of at least 4 members (excludes halogenated alkanes) is 1. The molecule has 2 aromatic rings. The van der Waals surface area contributed by atoms with Crippen LogP contribution in [-0.4, -0.2) is 31.4 Å². The summed E-state index contributed by atoms with van der Waals surface area (Å²) in [7, 11) is 0. The van der Waals surface area contributed by atoms with Gasteiger partial charge in [-0.3, -0.25) is 9.59 Å². The van der Waals surface area contributed by atoms with E-state index in [1.165, 1.54) is 0 Å². The lowest BCUT2D eigenvalue weighted by Crippen LogP contribution is -2.35. The maximum atomic E-state index is 12.7. The van der Waals surface area contributed by atoms with E-state index in [0.29, 0.717) is 12.1 Å². The van der Waals surface area contributed by atoms with Crippen LogP contribution in [0.25, 0.3) is 6.08 Å². The molecule has 5 nitrogen and oxygen atoms in total. The smallest absolute Gasteiger partial charge is 0.267 e. The summed E-state index contributed by atoms with van der Waals surface area (Å²) in [6.45, 7) is 8.67. The van der Waals surface area contributed by atoms with Gasteiger partial charge in [-0.25, -0.2) is 0 Å². The van der Waals surface area contributed by atoms with Gasteiger partial charge in [-0.2, -0.15) is 0 Å². The Hall–Kier alpha value is -3.08. The molecule has 0 saturated carbocycles. The van der Waals surface area contributed by atoms with Crippen LogP contribution in [0.2, 0.25) is 0 Å². The molecule has 0 heterocycles. The van der Waals surface area contributed by atoms with E-state index in [2.05, 4.69) is 36.3 Å². The van der Waals surface area contributed by atoms with Crippen molar-refractivity contribution in [2.75, 3.05) is 24.5 Å². The summed E-state index contributed by atoms with van der Waals surface area (Å²) in [5.41, 5.74) is 2.70. The first-order valence-electron chi connectivity index (χ1n) is 10.3. The molecule has 2 rings (SSSR count). The lowest BCUT2D eigenvalue weighted by molar-refractivity contribution is -0.117. The molecule has 2 N–H and O–H groups in total. The normalized spacial score (nSPS) is 11.1. The number of carbonyl (C=O) groups excluding carboxylic acids is 2. The second-order valence-electron chi connectivity index (χ2n) is 6.75. The number of anilines is 1. The van der Waals surface area contributed by atoms with E-state index >= 15 is 0 Å². The fourth-order valence-corrected chi connectivity index (χ4v) is 2.98. The zero-order valence-electron chi connectivity index (χ0n) is 17.6. The predicted molar refractivity (Wildman–Crippen MR) is 120 cm³/mol. The van der Waals surface area contributed by atoms with Gasteiger partial charge in [0.05, 0.1) is 0 Å². The van der Waals surface area contributed by atoms with Crippen molar-refractivity contribution in [2.24, 2.45) is 0 Å². The van der Waals surface area contributed by atoms with E-state index in [1.807, 2.05) is 30.3 Å². The molecule has 0 saturated heterocycles. The van der Waals surface area contributed by atoms with Crippen molar-refractivity contribution in [3.8, 4) is 0 Å². The number of nitrogens with zero attached hydrogens (tertiary/aromatic N) is 1. The van der Waals surface area contributed by atoms with E-state index in [-0.39, 0.29) is 17.5 Å². The lowest BCUT2D eigenvalue weighted by Gasteiger charge is -2.21. The number of nitrogens with one attached hydrogen (secondary N) is 2. The van der Waals surface area contributed by atoms with E-state index in [0.717, 1.165) is 37.2 Å². The summed E-state index contributed by atoms with van der Waals surface area (Å²) in [6, 6.07) is 16.9. The zero-order valence-corrected chi connectivity index (χ0v) is 17.6. The van der Waals surface area contributed by atoms with Crippen LogP contribution in [0.15, 0.2) is 60.3 Å². The van der Waals surface area contributed by atoms with Crippen LogP contribution >= 0.6 is 0 Å². The Balaban J connectivity index is 2.29. The summed E-state index contributed by atoms with van der Waals surface area (Å²) in [5, 5.41) is 5.67. The van der Waals surface area contributed by atoms with Gasteiger partial charge in [0.1, 0.15) is 5.70 Å². The Bertz CT molecular complexity index is 827. The minimum atomic E-state index is -0.303. The highest BCUT2D eigenvalue weighted by Crippen LogP contribution is 2.18. The van der Waals surface area contributed by atoms with E-state index in [1.54, 1.807) is 30.3 Å². The second kappa shape index (κ2) is 11.7. The maximum absolute atomic E-state index is 12.7. The molecule has 0 radical (unpaired) electrons. The summed E-state index contributed by atoms with van der Waals surface area (Å²) in [6.07, 6.45) is 3.61. The van der Waals surface area contributed by atoms with E-state index < -0.39 is 0 Å². The molecule has 29 heavy (non-hydrogen) atoms. The first kappa shape index (κ1) is 22.2. The molecule has 2 aromatic carbocycles. The van der Waals surface area contributed by atoms with Crippen molar-refractivity contribution in [3.05, 3.63) is 71.4 Å². The number of carbonyl (C=O) groups is 2. The Labute approximate surface area is 173 Å². The maximum Gasteiger partial charge on any atom is 0.267 e. The van der Waals surface area contributed by atoms with Crippen molar-refractivity contribution in [3.63, 3.8) is 0 Å². The number of benzene rings is 2. The SMILES string of the molecule is CCCCNC(=O)/C(=C/c1cccc(N(CC)CC)c1)NC(=O)c1ccccc1. The number of hydrogen-bond donors (Lipinski definition) is 2. The van der Waals surface area contributed by atoms with Crippen LogP contribution in [0.4, 0.5) is 5.69 Å². The van der Waals surface area contributed by atoms with E-state index in [4.69, 9.17) is 0 Å². The fraction of sp³-hybridized carbons (Fsp3) is 0.333. The highest BCUT2D eigenvalue weighted by molar-refractivity contribution is 6.05. The van der Waals surface area contributed by atoms with Crippen molar-refractivity contribution >= 4 is 23.6 Å². The van der Waals surface area contributed by atoms with Crippen LogP contribution < -0.4 is 15.5 Å². The van der Waals surface area contributed by atoms with Gasteiger partial charge in [0, 0.05) is 30.9 Å². The molecule has 5 heteroatoms. The fourth-order valence-electron chi connectivity index (χ4n) is 2.98. The third-order valence-electron chi connectivity index (χ3n) is 4.65. The topological polar surface area (TPSA) is 61.4 Å². The van der Waals surface area contributed by atoms with Gasteiger partial charge in [-0.05, 0) is 56.2 Å². The molecule has 0 bridgehead atoms. The molecule has 0 fully saturated rings. The minimum Gasteiger partial charge on any atom is -0.372 e. The monoisotopic (exact) mass is 393 g/mol. The Morgan fingerprint density at radius 2 is 1.69 bits per heavy atom. The summed E-state index contributed by atoms with van der Waals surface area (Å²) in [5.74, 6) is -0.585. The van der Waals surface area contributed by atoms with Crippen LogP contribution in [0.1, 0.15) is 49.5 Å². The third-order valence-corrected chi connectivity index (χ3v) is 4.65. The van der Waals surface area contributed by atoms with Gasteiger partial charge in [0.25, 0.3) is 11.8 Å².